The van der Waals surface area contributed by atoms with Crippen molar-refractivity contribution in [1.82, 2.24) is 0 Å². The van der Waals surface area contributed by atoms with Crippen LogP contribution in [-0.2, 0) is 0 Å². The Bertz CT molecular complexity index is 1780. The van der Waals surface area contributed by atoms with Gasteiger partial charge in [-0.1, -0.05) is 72.8 Å². The van der Waals surface area contributed by atoms with Crippen LogP contribution in [0.2, 0.25) is 0 Å². The zero-order chi connectivity index (χ0) is 22.2. The van der Waals surface area contributed by atoms with Gasteiger partial charge in [-0.3, -0.25) is 0 Å². The summed E-state index contributed by atoms with van der Waals surface area (Å²) in [5.41, 5.74) is 7.35. The van der Waals surface area contributed by atoms with Gasteiger partial charge in [-0.05, 0) is 46.8 Å². The van der Waals surface area contributed by atoms with E-state index in [0.717, 1.165) is 67.0 Å². The molecule has 6 aromatic rings. The zero-order valence-corrected chi connectivity index (χ0v) is 18.1. The van der Waals surface area contributed by atoms with Crippen LogP contribution in [0.4, 0.5) is 0 Å². The molecule has 0 spiro atoms. The van der Waals surface area contributed by atoms with Gasteiger partial charge >= 0.3 is 0 Å². The lowest BCUT2D eigenvalue weighted by atomic mass is 9.35. The summed E-state index contributed by atoms with van der Waals surface area (Å²) in [6, 6.07) is 35.3. The molecule has 2 aliphatic rings. The van der Waals surface area contributed by atoms with Crippen molar-refractivity contribution >= 4 is 45.0 Å². The second kappa shape index (κ2) is 6.55. The lowest BCUT2D eigenvalue weighted by molar-refractivity contribution is 0.464. The fourth-order valence-electron chi connectivity index (χ4n) is 5.52. The number of furan rings is 1. The molecule has 0 amide bonds. The number of rotatable bonds is 1. The smallest absolute Gasteiger partial charge is 0.260 e. The van der Waals surface area contributed by atoms with E-state index in [0.29, 0.717) is 0 Å². The number of para-hydroxylation sites is 3. The van der Waals surface area contributed by atoms with Crippen molar-refractivity contribution in [2.75, 3.05) is 0 Å². The molecule has 8 rings (SSSR count). The monoisotopic (exact) mass is 436 g/mol. The van der Waals surface area contributed by atoms with Gasteiger partial charge in [-0.25, -0.2) is 0 Å². The molecule has 0 fully saturated rings. The highest BCUT2D eigenvalue weighted by Crippen LogP contribution is 2.39. The SMILES string of the molecule is c1ccc2c(c1)Oc1cccc3c1B2c1ccc(-c2cccc4c2oc2ccccc24)cc1O3. The molecule has 0 saturated heterocycles. The van der Waals surface area contributed by atoms with Crippen LogP contribution < -0.4 is 25.9 Å². The summed E-state index contributed by atoms with van der Waals surface area (Å²) in [5, 5.41) is 2.26. The van der Waals surface area contributed by atoms with Gasteiger partial charge in [-0.2, -0.15) is 0 Å². The fourth-order valence-corrected chi connectivity index (χ4v) is 5.52. The Morgan fingerprint density at radius 3 is 2.18 bits per heavy atom. The van der Waals surface area contributed by atoms with E-state index < -0.39 is 0 Å². The van der Waals surface area contributed by atoms with Crippen LogP contribution in [0, 0.1) is 0 Å². The molecule has 0 unspecified atom stereocenters. The molecule has 0 N–H and O–H groups in total. The fraction of sp³-hybridized carbons (Fsp3) is 0. The second-order valence-corrected chi connectivity index (χ2v) is 8.88. The van der Waals surface area contributed by atoms with E-state index in [1.165, 1.54) is 5.46 Å². The highest BCUT2D eigenvalue weighted by Gasteiger charge is 2.39. The predicted octanol–water partition coefficient (Wildman–Crippen LogP) is 5.98. The molecule has 3 nitrogen and oxygen atoms in total. The van der Waals surface area contributed by atoms with Crippen LogP contribution in [0.3, 0.4) is 0 Å². The Hall–Kier alpha value is -4.44. The normalized spacial score (nSPS) is 13.1. The van der Waals surface area contributed by atoms with Gasteiger partial charge in [0.2, 0.25) is 0 Å². The Kier molecular flexibility index (Phi) is 3.48. The van der Waals surface area contributed by atoms with Crippen molar-refractivity contribution in [3.63, 3.8) is 0 Å². The summed E-state index contributed by atoms with van der Waals surface area (Å²) in [5.74, 6) is 3.49. The minimum Gasteiger partial charge on any atom is -0.458 e. The molecule has 0 saturated carbocycles. The summed E-state index contributed by atoms with van der Waals surface area (Å²) in [6.07, 6.45) is 0. The van der Waals surface area contributed by atoms with Crippen molar-refractivity contribution in [2.24, 2.45) is 0 Å². The molecule has 4 heteroatoms. The van der Waals surface area contributed by atoms with Gasteiger partial charge in [-0.15, -0.1) is 0 Å². The van der Waals surface area contributed by atoms with Crippen molar-refractivity contribution in [3.8, 4) is 34.1 Å². The number of hydrogen-bond acceptors (Lipinski definition) is 3. The second-order valence-electron chi connectivity index (χ2n) is 8.88. The first-order valence-corrected chi connectivity index (χ1v) is 11.5. The Labute approximate surface area is 196 Å². The topological polar surface area (TPSA) is 31.6 Å². The van der Waals surface area contributed by atoms with E-state index in [1.807, 2.05) is 48.5 Å². The molecule has 0 radical (unpaired) electrons. The van der Waals surface area contributed by atoms with Crippen molar-refractivity contribution in [1.29, 1.82) is 0 Å². The molecule has 5 aromatic carbocycles. The molecule has 1 aromatic heterocycles. The Morgan fingerprint density at radius 2 is 1.24 bits per heavy atom. The molecule has 2 aliphatic heterocycles. The van der Waals surface area contributed by atoms with E-state index >= 15 is 0 Å². The number of ether oxygens (including phenoxy) is 2. The maximum atomic E-state index is 6.46. The zero-order valence-electron chi connectivity index (χ0n) is 18.1. The standard InChI is InChI=1S/C30H17BO3/c1-3-11-24-20(7-1)21-9-5-8-19(30(21)34-24)18-15-16-23-28(17-18)33-27-14-6-13-26-29(27)31(23)22-10-2-4-12-25(22)32-26/h1-17H. The van der Waals surface area contributed by atoms with Gasteiger partial charge in [0, 0.05) is 21.8 Å². The first kappa shape index (κ1) is 18.0. The van der Waals surface area contributed by atoms with Gasteiger partial charge < -0.3 is 13.9 Å². The maximum absolute atomic E-state index is 6.46. The molecule has 34 heavy (non-hydrogen) atoms. The quantitative estimate of drug-likeness (QED) is 0.297. The largest absolute Gasteiger partial charge is 0.458 e. The van der Waals surface area contributed by atoms with Crippen LogP contribution >= 0.6 is 0 Å². The van der Waals surface area contributed by atoms with E-state index in [9.17, 15) is 0 Å². The van der Waals surface area contributed by atoms with Crippen LogP contribution in [-0.4, -0.2) is 6.71 Å². The minimum atomic E-state index is 0.0796. The van der Waals surface area contributed by atoms with E-state index in [1.54, 1.807) is 0 Å². The third-order valence-corrected chi connectivity index (χ3v) is 7.02. The Balaban J connectivity index is 1.34. The van der Waals surface area contributed by atoms with Gasteiger partial charge in [0.1, 0.15) is 34.2 Å². The van der Waals surface area contributed by atoms with Crippen molar-refractivity contribution in [2.45, 2.75) is 0 Å². The number of benzene rings is 5. The van der Waals surface area contributed by atoms with E-state index in [2.05, 4.69) is 54.6 Å². The van der Waals surface area contributed by atoms with E-state index in [4.69, 9.17) is 13.9 Å². The average Bonchev–Trinajstić information content (AvgIpc) is 3.27. The molecule has 0 atom stereocenters. The highest BCUT2D eigenvalue weighted by atomic mass is 16.5. The first-order chi connectivity index (χ1) is 16.8. The predicted molar refractivity (Wildman–Crippen MR) is 137 cm³/mol. The van der Waals surface area contributed by atoms with Crippen molar-refractivity contribution in [3.05, 3.63) is 103 Å². The van der Waals surface area contributed by atoms with Crippen LogP contribution in [0.1, 0.15) is 0 Å². The number of fused-ring (bicyclic) bond motifs is 7. The summed E-state index contributed by atoms with van der Waals surface area (Å²) in [7, 11) is 0. The summed E-state index contributed by atoms with van der Waals surface area (Å²) >= 11 is 0. The first-order valence-electron chi connectivity index (χ1n) is 11.5. The van der Waals surface area contributed by atoms with Crippen LogP contribution in [0.15, 0.2) is 108 Å². The molecule has 158 valence electrons. The highest BCUT2D eigenvalue weighted by molar-refractivity contribution is 6.98. The van der Waals surface area contributed by atoms with Gasteiger partial charge in [0.15, 0.2) is 0 Å². The molecule has 3 heterocycles. The molecule has 0 aliphatic carbocycles. The summed E-state index contributed by atoms with van der Waals surface area (Å²) in [4.78, 5) is 0. The average molecular weight is 436 g/mol. The van der Waals surface area contributed by atoms with Crippen LogP contribution in [0.5, 0.6) is 23.0 Å². The van der Waals surface area contributed by atoms with Crippen LogP contribution in [0.25, 0.3) is 33.1 Å². The van der Waals surface area contributed by atoms with Gasteiger partial charge in [0.25, 0.3) is 6.71 Å². The third-order valence-electron chi connectivity index (χ3n) is 7.02. The maximum Gasteiger partial charge on any atom is 0.260 e. The lowest BCUT2D eigenvalue weighted by Crippen LogP contribution is -2.57. The Morgan fingerprint density at radius 1 is 0.529 bits per heavy atom. The molecular formula is C30H17BO3. The van der Waals surface area contributed by atoms with Gasteiger partial charge in [0.05, 0.1) is 0 Å². The van der Waals surface area contributed by atoms with E-state index in [-0.39, 0.29) is 6.71 Å². The number of hydrogen-bond donors (Lipinski definition) is 0. The lowest BCUT2D eigenvalue weighted by Gasteiger charge is -2.32. The summed E-state index contributed by atoms with van der Waals surface area (Å²) in [6.45, 7) is 0.0796. The summed E-state index contributed by atoms with van der Waals surface area (Å²) < 4.78 is 19.0. The minimum absolute atomic E-state index is 0.0796. The molecular weight excluding hydrogens is 419 g/mol. The third kappa shape index (κ3) is 2.37. The van der Waals surface area contributed by atoms with Crippen molar-refractivity contribution < 1.29 is 13.9 Å². The molecule has 0 bridgehead atoms.